The van der Waals surface area contributed by atoms with E-state index >= 15 is 0 Å². The van der Waals surface area contributed by atoms with Crippen molar-refractivity contribution in [2.75, 3.05) is 12.4 Å². The predicted octanol–water partition coefficient (Wildman–Crippen LogP) is 2.31. The second kappa shape index (κ2) is 6.78. The minimum atomic E-state index is -1.12. The summed E-state index contributed by atoms with van der Waals surface area (Å²) in [5, 5.41) is 11.6. The van der Waals surface area contributed by atoms with Gasteiger partial charge in [-0.25, -0.2) is 0 Å². The molecule has 5 heteroatoms. The quantitative estimate of drug-likeness (QED) is 0.774. The number of hydrogen-bond donors (Lipinski definition) is 2. The van der Waals surface area contributed by atoms with Gasteiger partial charge in [0.2, 0.25) is 5.91 Å². The lowest BCUT2D eigenvalue weighted by Gasteiger charge is -2.14. The highest BCUT2D eigenvalue weighted by molar-refractivity contribution is 6.04. The summed E-state index contributed by atoms with van der Waals surface area (Å²) < 4.78 is 5.16. The molecule has 0 saturated carbocycles. The van der Waals surface area contributed by atoms with Crippen LogP contribution in [0.5, 0.6) is 5.75 Å². The number of methoxy groups -OCH3 is 1. The van der Waals surface area contributed by atoms with Crippen LogP contribution in [0.25, 0.3) is 0 Å². The van der Waals surface area contributed by atoms with Gasteiger partial charge < -0.3 is 15.2 Å². The lowest BCUT2D eigenvalue weighted by Crippen LogP contribution is -2.29. The van der Waals surface area contributed by atoms with Crippen LogP contribution in [0.1, 0.15) is 25.8 Å². The molecule has 0 saturated heterocycles. The minimum Gasteiger partial charge on any atom is -0.495 e. The number of carboxylic acid groups (broad SMARTS) is 1. The highest BCUT2D eigenvalue weighted by Gasteiger charge is 2.24. The topological polar surface area (TPSA) is 75.6 Å². The lowest BCUT2D eigenvalue weighted by atomic mass is 10.1. The number of amides is 1. The van der Waals surface area contributed by atoms with Gasteiger partial charge >= 0.3 is 5.97 Å². The van der Waals surface area contributed by atoms with Crippen LogP contribution < -0.4 is 10.1 Å². The molecule has 1 aromatic rings. The van der Waals surface area contributed by atoms with Crippen LogP contribution in [-0.2, 0) is 16.0 Å². The maximum atomic E-state index is 11.9. The zero-order valence-electron chi connectivity index (χ0n) is 11.4. The lowest BCUT2D eigenvalue weighted by molar-refractivity contribution is -0.145. The molecule has 104 valence electrons. The molecule has 1 unspecified atom stereocenters. The molecule has 0 aliphatic heterocycles. The summed E-state index contributed by atoms with van der Waals surface area (Å²) in [6.07, 6.45) is 1.07. The summed E-state index contributed by atoms with van der Waals surface area (Å²) in [4.78, 5) is 22.9. The Kier molecular flexibility index (Phi) is 5.36. The van der Waals surface area contributed by atoms with Crippen molar-refractivity contribution in [2.24, 2.45) is 5.92 Å². The van der Waals surface area contributed by atoms with Crippen molar-refractivity contribution in [2.45, 2.75) is 26.7 Å². The standard InChI is InChI=1S/C14H19NO4/c1-4-9-6-7-12(19-3)11(8-9)15-13(16)10(5-2)14(17)18/h6-8,10H,4-5H2,1-3H3,(H,15,16)(H,17,18). The van der Waals surface area contributed by atoms with Gasteiger partial charge in [0.05, 0.1) is 12.8 Å². The monoisotopic (exact) mass is 265 g/mol. The molecule has 2 N–H and O–H groups in total. The molecule has 1 amide bonds. The molecule has 5 nitrogen and oxygen atoms in total. The second-order valence-electron chi connectivity index (χ2n) is 4.18. The Bertz CT molecular complexity index is 471. The fourth-order valence-corrected chi connectivity index (χ4v) is 1.76. The fourth-order valence-electron chi connectivity index (χ4n) is 1.76. The first kappa shape index (κ1) is 15.0. The van der Waals surface area contributed by atoms with Crippen LogP contribution >= 0.6 is 0 Å². The number of aryl methyl sites for hydroxylation is 1. The first-order chi connectivity index (χ1) is 9.03. The number of hydrogen-bond acceptors (Lipinski definition) is 3. The van der Waals surface area contributed by atoms with Gasteiger partial charge in [-0.2, -0.15) is 0 Å². The molecule has 19 heavy (non-hydrogen) atoms. The van der Waals surface area contributed by atoms with Gasteiger partial charge in [0.25, 0.3) is 0 Å². The zero-order valence-corrected chi connectivity index (χ0v) is 11.4. The van der Waals surface area contributed by atoms with Crippen molar-refractivity contribution in [3.63, 3.8) is 0 Å². The van der Waals surface area contributed by atoms with Crippen molar-refractivity contribution in [3.05, 3.63) is 23.8 Å². The van der Waals surface area contributed by atoms with Gasteiger partial charge in [-0.05, 0) is 30.5 Å². The van der Waals surface area contributed by atoms with Crippen LogP contribution in [-0.4, -0.2) is 24.1 Å². The second-order valence-corrected chi connectivity index (χ2v) is 4.18. The molecule has 0 aromatic heterocycles. The van der Waals surface area contributed by atoms with Crippen molar-refractivity contribution in [1.82, 2.24) is 0 Å². The Balaban J connectivity index is 2.97. The molecule has 0 aliphatic rings. The molecule has 0 bridgehead atoms. The summed E-state index contributed by atoms with van der Waals surface area (Å²) in [6.45, 7) is 3.66. The van der Waals surface area contributed by atoms with Crippen LogP contribution in [0.2, 0.25) is 0 Å². The minimum absolute atomic E-state index is 0.247. The fraction of sp³-hybridized carbons (Fsp3) is 0.429. The van der Waals surface area contributed by atoms with Crippen molar-refractivity contribution in [3.8, 4) is 5.75 Å². The number of benzene rings is 1. The zero-order chi connectivity index (χ0) is 14.4. The summed E-state index contributed by atoms with van der Waals surface area (Å²) in [7, 11) is 1.51. The highest BCUT2D eigenvalue weighted by atomic mass is 16.5. The normalized spacial score (nSPS) is 11.7. The molecule has 1 rings (SSSR count). The third-order valence-electron chi connectivity index (χ3n) is 2.95. The number of ether oxygens (including phenoxy) is 1. The van der Waals surface area contributed by atoms with Gasteiger partial charge in [0, 0.05) is 0 Å². The molecule has 0 heterocycles. The van der Waals surface area contributed by atoms with E-state index in [1.54, 1.807) is 19.1 Å². The van der Waals surface area contributed by atoms with E-state index < -0.39 is 17.8 Å². The molecular weight excluding hydrogens is 246 g/mol. The Morgan fingerprint density at radius 1 is 1.37 bits per heavy atom. The summed E-state index contributed by atoms with van der Waals surface area (Å²) in [5.41, 5.74) is 1.55. The molecule has 0 aliphatic carbocycles. The maximum Gasteiger partial charge on any atom is 0.316 e. The van der Waals surface area contributed by atoms with Crippen molar-refractivity contribution < 1.29 is 19.4 Å². The summed E-state index contributed by atoms with van der Waals surface area (Å²) in [5.74, 6) is -2.17. The van der Waals surface area contributed by atoms with E-state index in [1.165, 1.54) is 7.11 Å². The Labute approximate surface area is 112 Å². The van der Waals surface area contributed by atoms with E-state index in [4.69, 9.17) is 9.84 Å². The van der Waals surface area contributed by atoms with E-state index in [0.29, 0.717) is 11.4 Å². The smallest absolute Gasteiger partial charge is 0.316 e. The number of carboxylic acids is 1. The predicted molar refractivity (Wildman–Crippen MR) is 72.4 cm³/mol. The van der Waals surface area contributed by atoms with Crippen LogP contribution in [0.3, 0.4) is 0 Å². The van der Waals surface area contributed by atoms with E-state index in [1.807, 2.05) is 13.0 Å². The van der Waals surface area contributed by atoms with Crippen LogP contribution in [0, 0.1) is 5.92 Å². The highest BCUT2D eigenvalue weighted by Crippen LogP contribution is 2.26. The summed E-state index contributed by atoms with van der Waals surface area (Å²) >= 11 is 0. The molecular formula is C14H19NO4. The average molecular weight is 265 g/mol. The van der Waals surface area contributed by atoms with Gasteiger partial charge in [0.1, 0.15) is 11.7 Å². The number of carbonyl (C=O) groups excluding carboxylic acids is 1. The third kappa shape index (κ3) is 3.71. The molecule has 1 aromatic carbocycles. The molecule has 1 atom stereocenters. The number of carbonyl (C=O) groups is 2. The van der Waals surface area contributed by atoms with Gasteiger partial charge in [-0.1, -0.05) is 19.9 Å². The number of anilines is 1. The van der Waals surface area contributed by atoms with Gasteiger partial charge in [-0.15, -0.1) is 0 Å². The first-order valence-corrected chi connectivity index (χ1v) is 6.24. The van der Waals surface area contributed by atoms with E-state index in [9.17, 15) is 9.59 Å². The molecule has 0 radical (unpaired) electrons. The average Bonchev–Trinajstić information content (AvgIpc) is 2.38. The maximum absolute atomic E-state index is 11.9. The third-order valence-corrected chi connectivity index (χ3v) is 2.95. The number of aliphatic carboxylic acids is 1. The van der Waals surface area contributed by atoms with Crippen LogP contribution in [0.4, 0.5) is 5.69 Å². The first-order valence-electron chi connectivity index (χ1n) is 6.24. The Hall–Kier alpha value is -2.04. The Morgan fingerprint density at radius 2 is 2.05 bits per heavy atom. The molecule has 0 spiro atoms. The van der Waals surface area contributed by atoms with E-state index in [-0.39, 0.29) is 6.42 Å². The summed E-state index contributed by atoms with van der Waals surface area (Å²) in [6, 6.07) is 5.46. The van der Waals surface area contributed by atoms with Crippen molar-refractivity contribution in [1.29, 1.82) is 0 Å². The van der Waals surface area contributed by atoms with Gasteiger partial charge in [0.15, 0.2) is 0 Å². The van der Waals surface area contributed by atoms with Crippen LogP contribution in [0.15, 0.2) is 18.2 Å². The largest absolute Gasteiger partial charge is 0.495 e. The van der Waals surface area contributed by atoms with Crippen molar-refractivity contribution >= 4 is 17.6 Å². The molecule has 0 fully saturated rings. The SMILES string of the molecule is CCc1ccc(OC)c(NC(=O)C(CC)C(=O)O)c1. The van der Waals surface area contributed by atoms with E-state index in [2.05, 4.69) is 5.32 Å². The number of nitrogens with one attached hydrogen (secondary N) is 1. The van der Waals surface area contributed by atoms with Gasteiger partial charge in [-0.3, -0.25) is 9.59 Å². The Morgan fingerprint density at radius 3 is 2.53 bits per heavy atom. The van der Waals surface area contributed by atoms with E-state index in [0.717, 1.165) is 12.0 Å². The number of rotatable bonds is 6.